The predicted molar refractivity (Wildman–Crippen MR) is 109 cm³/mol. The number of amides is 1. The van der Waals surface area contributed by atoms with Gasteiger partial charge < -0.3 is 10.6 Å². The summed E-state index contributed by atoms with van der Waals surface area (Å²) in [5.41, 5.74) is 3.43. The molecule has 3 rings (SSSR count). The second kappa shape index (κ2) is 8.56. The van der Waals surface area contributed by atoms with Gasteiger partial charge in [0.05, 0.1) is 22.6 Å². The Labute approximate surface area is 163 Å². The fourth-order valence-electron chi connectivity index (χ4n) is 3.08. The average Bonchev–Trinajstić information content (AvgIpc) is 2.69. The van der Waals surface area contributed by atoms with Crippen molar-refractivity contribution in [1.29, 1.82) is 5.26 Å². The van der Waals surface area contributed by atoms with Crippen molar-refractivity contribution in [1.82, 2.24) is 10.3 Å². The van der Waals surface area contributed by atoms with Gasteiger partial charge in [-0.1, -0.05) is 25.1 Å². The lowest BCUT2D eigenvalue weighted by Crippen LogP contribution is -2.30. The third-order valence-corrected chi connectivity index (χ3v) is 5.15. The summed E-state index contributed by atoms with van der Waals surface area (Å²) in [5.74, 6) is 0.174. The topological polar surface area (TPSA) is 77.8 Å². The van der Waals surface area contributed by atoms with Gasteiger partial charge in [0.2, 0.25) is 0 Å². The van der Waals surface area contributed by atoms with Gasteiger partial charge in [0.1, 0.15) is 0 Å². The zero-order chi connectivity index (χ0) is 19.2. The van der Waals surface area contributed by atoms with E-state index in [4.69, 9.17) is 0 Å². The Kier molecular flexibility index (Phi) is 5.94. The zero-order valence-electron chi connectivity index (χ0n) is 15.2. The quantitative estimate of drug-likeness (QED) is 0.819. The van der Waals surface area contributed by atoms with Crippen LogP contribution in [0, 0.1) is 11.3 Å². The largest absolute Gasteiger partial charge is 0.353 e. The number of carbonyl (C=O) groups excluding carboxylic acids is 1. The summed E-state index contributed by atoms with van der Waals surface area (Å²) in [6.07, 6.45) is 3.36. The van der Waals surface area contributed by atoms with Crippen molar-refractivity contribution < 1.29 is 4.79 Å². The first kappa shape index (κ1) is 18.7. The van der Waals surface area contributed by atoms with Crippen LogP contribution in [0.15, 0.2) is 76.7 Å². The van der Waals surface area contributed by atoms with E-state index in [1.165, 1.54) is 0 Å². The Bertz CT molecular complexity index is 930. The van der Waals surface area contributed by atoms with Crippen LogP contribution in [0.4, 0.5) is 5.69 Å². The molecule has 2 aromatic rings. The minimum absolute atomic E-state index is 0.221. The van der Waals surface area contributed by atoms with Gasteiger partial charge in [-0.25, -0.2) is 0 Å². The molecular formula is C21H20N4OS. The second-order valence-electron chi connectivity index (χ2n) is 5.98. The van der Waals surface area contributed by atoms with Crippen LogP contribution in [-0.2, 0) is 4.79 Å². The number of nitrogens with one attached hydrogen (secondary N) is 2. The molecule has 0 saturated heterocycles. The average molecular weight is 376 g/mol. The SMILES string of the molecule is CCSC1=C(C#N)[C@H](c2ccncc2)C(C(=O)Nc2ccccc2)=C(C)N1. The van der Waals surface area contributed by atoms with Crippen molar-refractivity contribution in [3.05, 3.63) is 82.3 Å². The van der Waals surface area contributed by atoms with Gasteiger partial charge in [-0.2, -0.15) is 5.26 Å². The van der Waals surface area contributed by atoms with Gasteiger partial charge >= 0.3 is 0 Å². The number of thioether (sulfide) groups is 1. The molecule has 1 amide bonds. The fourth-order valence-corrected chi connectivity index (χ4v) is 3.91. The molecule has 6 heteroatoms. The molecule has 2 heterocycles. The predicted octanol–water partition coefficient (Wildman–Crippen LogP) is 4.17. The van der Waals surface area contributed by atoms with Crippen LogP contribution in [0.5, 0.6) is 0 Å². The lowest BCUT2D eigenvalue weighted by Gasteiger charge is -2.29. The molecule has 1 aliphatic heterocycles. The van der Waals surface area contributed by atoms with Gasteiger partial charge in [0, 0.05) is 29.4 Å². The maximum Gasteiger partial charge on any atom is 0.254 e. The third-order valence-electron chi connectivity index (χ3n) is 4.25. The van der Waals surface area contributed by atoms with Crippen molar-refractivity contribution >= 4 is 23.4 Å². The number of hydrogen-bond acceptors (Lipinski definition) is 5. The highest BCUT2D eigenvalue weighted by Gasteiger charge is 2.34. The standard InChI is InChI=1S/C21H20N4OS/c1-3-27-21-17(13-22)19(15-9-11-23-12-10-15)18(14(2)24-21)20(26)25-16-7-5-4-6-8-16/h4-12,19,24H,3H2,1-2H3,(H,25,26)/t19-/m0/s1. The molecule has 1 aromatic carbocycles. The molecule has 5 nitrogen and oxygen atoms in total. The van der Waals surface area contributed by atoms with Gasteiger partial charge in [0.15, 0.2) is 0 Å². The van der Waals surface area contributed by atoms with Crippen LogP contribution >= 0.6 is 11.8 Å². The highest BCUT2D eigenvalue weighted by molar-refractivity contribution is 8.03. The molecule has 27 heavy (non-hydrogen) atoms. The molecule has 0 fully saturated rings. The van der Waals surface area contributed by atoms with E-state index in [9.17, 15) is 10.1 Å². The molecule has 1 aromatic heterocycles. The third kappa shape index (κ3) is 4.04. The molecule has 1 atom stereocenters. The summed E-state index contributed by atoms with van der Waals surface area (Å²) in [5, 5.41) is 16.9. The van der Waals surface area contributed by atoms with Gasteiger partial charge in [0.25, 0.3) is 5.91 Å². The number of dihydropyridines is 1. The van der Waals surface area contributed by atoms with Crippen LogP contribution in [-0.4, -0.2) is 16.6 Å². The van der Waals surface area contributed by atoms with E-state index in [2.05, 4.69) is 21.7 Å². The first-order valence-corrected chi connectivity index (χ1v) is 9.65. The van der Waals surface area contributed by atoms with Crippen molar-refractivity contribution in [2.75, 3.05) is 11.1 Å². The summed E-state index contributed by atoms with van der Waals surface area (Å²) >= 11 is 1.57. The van der Waals surface area contributed by atoms with Crippen LogP contribution in [0.2, 0.25) is 0 Å². The Morgan fingerprint density at radius 2 is 1.96 bits per heavy atom. The Balaban J connectivity index is 2.06. The minimum Gasteiger partial charge on any atom is -0.353 e. The number of allylic oxidation sites excluding steroid dienone is 2. The number of aromatic nitrogens is 1. The number of pyridine rings is 1. The number of para-hydroxylation sites is 1. The molecule has 136 valence electrons. The highest BCUT2D eigenvalue weighted by Crippen LogP contribution is 2.40. The second-order valence-corrected chi connectivity index (χ2v) is 7.26. The smallest absolute Gasteiger partial charge is 0.254 e. The molecule has 0 spiro atoms. The number of hydrogen-bond donors (Lipinski definition) is 2. The maximum atomic E-state index is 13.1. The highest BCUT2D eigenvalue weighted by atomic mass is 32.2. The first-order chi connectivity index (χ1) is 13.2. The van der Waals surface area contributed by atoms with Crippen LogP contribution in [0.1, 0.15) is 25.3 Å². The van der Waals surface area contributed by atoms with E-state index in [1.54, 1.807) is 24.2 Å². The lowest BCUT2D eigenvalue weighted by molar-refractivity contribution is -0.113. The number of carbonyl (C=O) groups is 1. The fraction of sp³-hybridized carbons (Fsp3) is 0.190. The number of rotatable bonds is 5. The van der Waals surface area contributed by atoms with Crippen molar-refractivity contribution in [3.63, 3.8) is 0 Å². The Hall–Kier alpha value is -3.04. The summed E-state index contributed by atoms with van der Waals surface area (Å²) < 4.78 is 0. The maximum absolute atomic E-state index is 13.1. The first-order valence-electron chi connectivity index (χ1n) is 8.66. The Morgan fingerprint density at radius 1 is 1.26 bits per heavy atom. The monoisotopic (exact) mass is 376 g/mol. The molecule has 0 bridgehead atoms. The molecular weight excluding hydrogens is 356 g/mol. The number of nitrogens with zero attached hydrogens (tertiary/aromatic N) is 2. The van der Waals surface area contributed by atoms with Gasteiger partial charge in [-0.3, -0.25) is 9.78 Å². The van der Waals surface area contributed by atoms with Crippen molar-refractivity contribution in [3.8, 4) is 6.07 Å². The minimum atomic E-state index is -0.433. The number of nitriles is 1. The van der Waals surface area contributed by atoms with E-state index in [0.29, 0.717) is 16.8 Å². The van der Waals surface area contributed by atoms with E-state index < -0.39 is 5.92 Å². The molecule has 0 unspecified atom stereocenters. The number of anilines is 1. The van der Waals surface area contributed by atoms with E-state index in [0.717, 1.165) is 22.0 Å². The van der Waals surface area contributed by atoms with E-state index >= 15 is 0 Å². The van der Waals surface area contributed by atoms with Crippen molar-refractivity contribution in [2.45, 2.75) is 19.8 Å². The lowest BCUT2D eigenvalue weighted by atomic mass is 9.82. The summed E-state index contributed by atoms with van der Waals surface area (Å²) in [7, 11) is 0. The molecule has 0 aliphatic carbocycles. The van der Waals surface area contributed by atoms with E-state index in [1.807, 2.05) is 56.3 Å². The summed E-state index contributed by atoms with van der Waals surface area (Å²) in [6.45, 7) is 3.91. The van der Waals surface area contributed by atoms with Gasteiger partial charge in [-0.15, -0.1) is 11.8 Å². The number of benzene rings is 1. The zero-order valence-corrected chi connectivity index (χ0v) is 16.0. The van der Waals surface area contributed by atoms with Crippen LogP contribution in [0.25, 0.3) is 0 Å². The van der Waals surface area contributed by atoms with Crippen LogP contribution in [0.3, 0.4) is 0 Å². The normalized spacial score (nSPS) is 16.6. The molecule has 1 aliphatic rings. The summed E-state index contributed by atoms with van der Waals surface area (Å²) in [4.78, 5) is 17.2. The molecule has 0 saturated carbocycles. The van der Waals surface area contributed by atoms with Crippen LogP contribution < -0.4 is 10.6 Å². The van der Waals surface area contributed by atoms with Gasteiger partial charge in [-0.05, 0) is 42.5 Å². The van der Waals surface area contributed by atoms with Crippen molar-refractivity contribution in [2.24, 2.45) is 0 Å². The molecule has 0 radical (unpaired) electrons. The Morgan fingerprint density at radius 3 is 2.59 bits per heavy atom. The van der Waals surface area contributed by atoms with E-state index in [-0.39, 0.29) is 5.91 Å². The molecule has 2 N–H and O–H groups in total. The summed E-state index contributed by atoms with van der Waals surface area (Å²) in [6, 6.07) is 15.3.